The number of benzene rings is 1. The van der Waals surface area contributed by atoms with Crippen LogP contribution in [-0.2, 0) is 17.1 Å². The van der Waals surface area contributed by atoms with E-state index in [2.05, 4.69) is 32.5 Å². The van der Waals surface area contributed by atoms with E-state index in [1.165, 1.54) is 0 Å². The molecule has 2 aromatic rings. The molecule has 2 saturated heterocycles. The van der Waals surface area contributed by atoms with Crippen LogP contribution in [0, 0.1) is 0 Å². The quantitative estimate of drug-likeness (QED) is 0.870. The van der Waals surface area contributed by atoms with Gasteiger partial charge in [0.2, 0.25) is 11.8 Å². The summed E-state index contributed by atoms with van der Waals surface area (Å²) in [6.07, 6.45) is 4.85. The van der Waals surface area contributed by atoms with Gasteiger partial charge in [-0.2, -0.15) is 16.7 Å². The van der Waals surface area contributed by atoms with Gasteiger partial charge in [0.1, 0.15) is 0 Å². The number of nitrogens with one attached hydrogen (secondary N) is 1. The minimum Gasteiger partial charge on any atom is -0.350 e. The average Bonchev–Trinajstić information content (AvgIpc) is 3.23. The van der Waals surface area contributed by atoms with E-state index in [4.69, 9.17) is 4.52 Å². The molecule has 7 heteroatoms. The van der Waals surface area contributed by atoms with Crippen molar-refractivity contribution < 1.29 is 9.32 Å². The molecule has 0 bridgehead atoms. The molecule has 3 heterocycles. The number of nitrogens with zero attached hydrogens (tertiary/aromatic N) is 3. The Kier molecular flexibility index (Phi) is 5.00. The lowest BCUT2D eigenvalue weighted by atomic mass is 9.82. The second kappa shape index (κ2) is 7.40. The number of rotatable bonds is 5. The van der Waals surface area contributed by atoms with Crippen LogP contribution >= 0.6 is 11.8 Å². The van der Waals surface area contributed by atoms with Crippen LogP contribution in [0.2, 0.25) is 0 Å². The predicted octanol–water partition coefficient (Wildman–Crippen LogP) is 2.57. The van der Waals surface area contributed by atoms with Gasteiger partial charge in [0.05, 0.1) is 18.2 Å². The summed E-state index contributed by atoms with van der Waals surface area (Å²) < 4.78 is 5.34. The molecule has 1 aromatic carbocycles. The van der Waals surface area contributed by atoms with Crippen molar-refractivity contribution >= 4 is 17.7 Å². The summed E-state index contributed by atoms with van der Waals surface area (Å²) >= 11 is 1.69. The zero-order chi connectivity index (χ0) is 18.0. The average molecular weight is 372 g/mol. The number of carbonyl (C=O) groups is 1. The molecule has 6 nitrogen and oxygen atoms in total. The largest absolute Gasteiger partial charge is 0.350 e. The van der Waals surface area contributed by atoms with E-state index in [9.17, 15) is 4.79 Å². The second-order valence-corrected chi connectivity index (χ2v) is 8.12. The van der Waals surface area contributed by atoms with Gasteiger partial charge in [0.15, 0.2) is 5.82 Å². The van der Waals surface area contributed by atoms with E-state index >= 15 is 0 Å². The monoisotopic (exact) mass is 372 g/mol. The fourth-order valence-electron chi connectivity index (χ4n) is 4.04. The lowest BCUT2D eigenvalue weighted by molar-refractivity contribution is -0.121. The van der Waals surface area contributed by atoms with Gasteiger partial charge in [-0.05, 0) is 31.1 Å². The Morgan fingerprint density at radius 2 is 2.08 bits per heavy atom. The Morgan fingerprint density at radius 1 is 1.31 bits per heavy atom. The molecule has 26 heavy (non-hydrogen) atoms. The highest BCUT2D eigenvalue weighted by Gasteiger charge is 2.46. The third-order valence-electron chi connectivity index (χ3n) is 5.46. The SMILES string of the molecule is CSCc1noc(CN2CCC3(CC2)CC(c2ccccc2)C(=O)N3)n1. The summed E-state index contributed by atoms with van der Waals surface area (Å²) in [5, 5.41) is 7.31. The van der Waals surface area contributed by atoms with Gasteiger partial charge in [-0.15, -0.1) is 0 Å². The topological polar surface area (TPSA) is 71.3 Å². The first kappa shape index (κ1) is 17.5. The fourth-order valence-corrected chi connectivity index (χ4v) is 4.41. The first-order valence-corrected chi connectivity index (χ1v) is 10.5. The summed E-state index contributed by atoms with van der Waals surface area (Å²) in [5.74, 6) is 2.37. The van der Waals surface area contributed by atoms with Gasteiger partial charge in [0.25, 0.3) is 0 Å². The van der Waals surface area contributed by atoms with E-state index in [-0.39, 0.29) is 17.4 Å². The molecular formula is C19H24N4O2S. The molecule has 2 aliphatic rings. The first-order chi connectivity index (χ1) is 12.7. The maximum absolute atomic E-state index is 12.5. The normalized spacial score (nSPS) is 22.7. The Bertz CT molecular complexity index is 756. The number of thioether (sulfide) groups is 1. The van der Waals surface area contributed by atoms with Crippen LogP contribution < -0.4 is 5.32 Å². The smallest absolute Gasteiger partial charge is 0.240 e. The maximum Gasteiger partial charge on any atom is 0.240 e. The number of likely N-dealkylation sites (tertiary alicyclic amines) is 1. The molecule has 1 amide bonds. The van der Waals surface area contributed by atoms with Crippen molar-refractivity contribution in [3.8, 4) is 0 Å². The molecule has 0 radical (unpaired) electrons. The van der Waals surface area contributed by atoms with Crippen LogP contribution in [0.5, 0.6) is 0 Å². The van der Waals surface area contributed by atoms with Crippen molar-refractivity contribution in [3.05, 3.63) is 47.6 Å². The Balaban J connectivity index is 1.35. The first-order valence-electron chi connectivity index (χ1n) is 9.07. The van der Waals surface area contributed by atoms with Crippen molar-refractivity contribution in [2.45, 2.75) is 43.0 Å². The van der Waals surface area contributed by atoms with Crippen molar-refractivity contribution in [1.29, 1.82) is 0 Å². The van der Waals surface area contributed by atoms with E-state index in [1.807, 2.05) is 24.5 Å². The van der Waals surface area contributed by atoms with E-state index in [0.29, 0.717) is 12.4 Å². The predicted molar refractivity (Wildman–Crippen MR) is 101 cm³/mol. The highest BCUT2D eigenvalue weighted by molar-refractivity contribution is 7.97. The van der Waals surface area contributed by atoms with Crippen molar-refractivity contribution in [3.63, 3.8) is 0 Å². The van der Waals surface area contributed by atoms with Gasteiger partial charge >= 0.3 is 0 Å². The van der Waals surface area contributed by atoms with Crippen molar-refractivity contribution in [1.82, 2.24) is 20.4 Å². The summed E-state index contributed by atoms with van der Waals surface area (Å²) in [4.78, 5) is 19.3. The molecule has 0 aliphatic carbocycles. The summed E-state index contributed by atoms with van der Waals surface area (Å²) in [6.45, 7) is 2.55. The molecule has 1 atom stereocenters. The molecule has 0 saturated carbocycles. The number of hydrogen-bond acceptors (Lipinski definition) is 6. The minimum atomic E-state index is -0.0626. The summed E-state index contributed by atoms with van der Waals surface area (Å²) in [6, 6.07) is 10.1. The van der Waals surface area contributed by atoms with Gasteiger partial charge in [-0.3, -0.25) is 9.69 Å². The van der Waals surface area contributed by atoms with Gasteiger partial charge in [-0.25, -0.2) is 0 Å². The van der Waals surface area contributed by atoms with Gasteiger partial charge in [0, 0.05) is 18.6 Å². The molecule has 2 fully saturated rings. The van der Waals surface area contributed by atoms with Crippen LogP contribution in [0.1, 0.15) is 42.5 Å². The number of aromatic nitrogens is 2. The molecule has 4 rings (SSSR count). The third kappa shape index (κ3) is 3.64. The number of piperidine rings is 1. The number of amides is 1. The van der Waals surface area contributed by atoms with Crippen molar-refractivity contribution in [2.24, 2.45) is 0 Å². The van der Waals surface area contributed by atoms with Gasteiger partial charge in [-0.1, -0.05) is 35.5 Å². The van der Waals surface area contributed by atoms with Crippen LogP contribution in [-0.4, -0.2) is 45.8 Å². The lowest BCUT2D eigenvalue weighted by Gasteiger charge is -2.38. The third-order valence-corrected chi connectivity index (χ3v) is 6.00. The van der Waals surface area contributed by atoms with E-state index in [1.54, 1.807) is 11.8 Å². The summed E-state index contributed by atoms with van der Waals surface area (Å²) in [7, 11) is 0. The number of hydrogen-bond donors (Lipinski definition) is 1. The lowest BCUT2D eigenvalue weighted by Crippen LogP contribution is -2.50. The standard InChI is InChI=1S/C19H24N4O2S/c1-26-13-16-20-17(25-22-16)12-23-9-7-19(8-10-23)11-15(18(24)21-19)14-5-3-2-4-6-14/h2-6,15H,7-13H2,1H3,(H,21,24). The molecule has 2 aliphatic heterocycles. The van der Waals surface area contributed by atoms with Gasteiger partial charge < -0.3 is 9.84 Å². The highest BCUT2D eigenvalue weighted by atomic mass is 32.2. The highest BCUT2D eigenvalue weighted by Crippen LogP contribution is 2.39. The molecule has 1 spiro atoms. The minimum absolute atomic E-state index is 0.0206. The molecule has 1 aromatic heterocycles. The summed E-state index contributed by atoms with van der Waals surface area (Å²) in [5.41, 5.74) is 1.06. The zero-order valence-electron chi connectivity index (χ0n) is 15.0. The molecular weight excluding hydrogens is 348 g/mol. The fraction of sp³-hybridized carbons (Fsp3) is 0.526. The second-order valence-electron chi connectivity index (χ2n) is 7.25. The Hall–Kier alpha value is -1.86. The van der Waals surface area contributed by atoms with Crippen LogP contribution in [0.4, 0.5) is 0 Å². The molecule has 1 N–H and O–H groups in total. The zero-order valence-corrected chi connectivity index (χ0v) is 15.8. The molecule has 138 valence electrons. The van der Waals surface area contributed by atoms with Crippen LogP contribution in [0.15, 0.2) is 34.9 Å². The van der Waals surface area contributed by atoms with Crippen LogP contribution in [0.25, 0.3) is 0 Å². The number of carbonyl (C=O) groups excluding carboxylic acids is 1. The maximum atomic E-state index is 12.5. The van der Waals surface area contributed by atoms with Crippen molar-refractivity contribution in [2.75, 3.05) is 19.3 Å². The Morgan fingerprint density at radius 3 is 2.81 bits per heavy atom. The van der Waals surface area contributed by atoms with Crippen LogP contribution in [0.3, 0.4) is 0 Å². The molecule has 1 unspecified atom stereocenters. The van der Waals surface area contributed by atoms with E-state index < -0.39 is 0 Å². The van der Waals surface area contributed by atoms with E-state index in [0.717, 1.165) is 49.5 Å². The Labute approximate surface area is 157 Å².